The number of benzene rings is 1. The van der Waals surface area contributed by atoms with Crippen molar-refractivity contribution in [3.05, 3.63) is 46.0 Å². The third-order valence-corrected chi connectivity index (χ3v) is 4.68. The van der Waals surface area contributed by atoms with Crippen molar-refractivity contribution >= 4 is 33.3 Å². The van der Waals surface area contributed by atoms with Gasteiger partial charge >= 0.3 is 5.97 Å². The highest BCUT2D eigenvalue weighted by atomic mass is 35.5. The number of nitro groups is 1. The molecular formula is C11H11ClN2O6S. The highest BCUT2D eigenvalue weighted by molar-refractivity contribution is 7.89. The molecule has 0 saturated carbocycles. The van der Waals surface area contributed by atoms with Crippen LogP contribution in [-0.4, -0.2) is 41.8 Å². The topological polar surface area (TPSA) is 118 Å². The Kier molecular flexibility index (Phi) is 5.41. The molecule has 1 N–H and O–H groups in total. The molecule has 0 amide bonds. The minimum absolute atomic E-state index is 0.234. The second-order valence-electron chi connectivity index (χ2n) is 3.85. The molecule has 0 saturated heterocycles. The monoisotopic (exact) mass is 334 g/mol. The van der Waals surface area contributed by atoms with E-state index in [1.165, 1.54) is 6.08 Å². The zero-order chi connectivity index (χ0) is 16.2. The van der Waals surface area contributed by atoms with Gasteiger partial charge in [0.25, 0.3) is 5.69 Å². The standard InChI is InChI=1S/C11H11ClN2O6S/c1-2-5-13(7-11(15)16)21(19,20)10-4-3-8(14(17)18)6-9(10)12/h2-4,6H,1,5,7H2,(H,15,16). The van der Waals surface area contributed by atoms with Crippen molar-refractivity contribution in [2.24, 2.45) is 0 Å². The van der Waals surface area contributed by atoms with Gasteiger partial charge in [-0.15, -0.1) is 6.58 Å². The van der Waals surface area contributed by atoms with Gasteiger partial charge in [-0.2, -0.15) is 4.31 Å². The molecule has 1 aromatic rings. The Labute approximate surface area is 125 Å². The van der Waals surface area contributed by atoms with Crippen molar-refractivity contribution in [3.8, 4) is 0 Å². The maximum Gasteiger partial charge on any atom is 0.318 e. The van der Waals surface area contributed by atoms with Crippen LogP contribution < -0.4 is 0 Å². The van der Waals surface area contributed by atoms with Gasteiger partial charge in [0.05, 0.1) is 9.95 Å². The van der Waals surface area contributed by atoms with E-state index in [0.29, 0.717) is 4.31 Å². The quantitative estimate of drug-likeness (QED) is 0.458. The van der Waals surface area contributed by atoms with Gasteiger partial charge in [-0.1, -0.05) is 17.7 Å². The number of halogens is 1. The van der Waals surface area contributed by atoms with Gasteiger partial charge in [-0.05, 0) is 6.07 Å². The number of non-ortho nitro benzene ring substituents is 1. The van der Waals surface area contributed by atoms with E-state index in [4.69, 9.17) is 16.7 Å². The molecule has 0 aliphatic rings. The van der Waals surface area contributed by atoms with Crippen LogP contribution in [0.15, 0.2) is 35.7 Å². The Hall–Kier alpha value is -1.97. The number of nitrogens with zero attached hydrogens (tertiary/aromatic N) is 2. The normalized spacial score (nSPS) is 11.3. The van der Waals surface area contributed by atoms with E-state index < -0.39 is 32.4 Å². The Morgan fingerprint density at radius 2 is 2.14 bits per heavy atom. The van der Waals surface area contributed by atoms with E-state index in [2.05, 4.69) is 6.58 Å². The first kappa shape index (κ1) is 17.1. The van der Waals surface area contributed by atoms with Crippen LogP contribution in [0, 0.1) is 10.1 Å². The second kappa shape index (κ2) is 6.66. The van der Waals surface area contributed by atoms with Crippen molar-refractivity contribution in [2.75, 3.05) is 13.1 Å². The summed E-state index contributed by atoms with van der Waals surface area (Å²) in [5.41, 5.74) is -0.368. The van der Waals surface area contributed by atoms with E-state index in [-0.39, 0.29) is 17.3 Å². The summed E-state index contributed by atoms with van der Waals surface area (Å²) in [6, 6.07) is 2.83. The highest BCUT2D eigenvalue weighted by Crippen LogP contribution is 2.28. The van der Waals surface area contributed by atoms with Crippen LogP contribution in [0.5, 0.6) is 0 Å². The van der Waals surface area contributed by atoms with Gasteiger partial charge in [-0.3, -0.25) is 14.9 Å². The number of nitro benzene ring substituents is 1. The number of carboxylic acid groups (broad SMARTS) is 1. The average molecular weight is 335 g/mol. The fraction of sp³-hybridized carbons (Fsp3) is 0.182. The minimum Gasteiger partial charge on any atom is -0.480 e. The number of carbonyl (C=O) groups is 1. The summed E-state index contributed by atoms with van der Waals surface area (Å²) in [5, 5.41) is 19.0. The van der Waals surface area contributed by atoms with Gasteiger partial charge in [0.15, 0.2) is 0 Å². The van der Waals surface area contributed by atoms with E-state index >= 15 is 0 Å². The summed E-state index contributed by atoms with van der Waals surface area (Å²) in [6.07, 6.45) is 1.22. The Morgan fingerprint density at radius 3 is 2.57 bits per heavy atom. The summed E-state index contributed by atoms with van der Waals surface area (Å²) in [4.78, 5) is 20.2. The van der Waals surface area contributed by atoms with E-state index in [1.807, 2.05) is 0 Å². The summed E-state index contributed by atoms with van der Waals surface area (Å²) < 4.78 is 25.3. The molecule has 0 aromatic heterocycles. The maximum absolute atomic E-state index is 12.3. The van der Waals surface area contributed by atoms with Crippen molar-refractivity contribution in [3.63, 3.8) is 0 Å². The van der Waals surface area contributed by atoms with Crippen LogP contribution >= 0.6 is 11.6 Å². The van der Waals surface area contributed by atoms with Gasteiger partial charge in [0.2, 0.25) is 10.0 Å². The van der Waals surface area contributed by atoms with E-state index in [9.17, 15) is 23.3 Å². The largest absolute Gasteiger partial charge is 0.480 e. The Bertz CT molecular complexity index is 688. The van der Waals surface area contributed by atoms with Crippen molar-refractivity contribution in [2.45, 2.75) is 4.90 Å². The second-order valence-corrected chi connectivity index (χ2v) is 6.17. The molecule has 0 bridgehead atoms. The summed E-state index contributed by atoms with van der Waals surface area (Å²) in [5.74, 6) is -1.35. The van der Waals surface area contributed by atoms with Crippen molar-refractivity contribution < 1.29 is 23.2 Å². The van der Waals surface area contributed by atoms with Crippen LogP contribution in [0.2, 0.25) is 5.02 Å². The number of aliphatic carboxylic acids is 1. The Balaban J connectivity index is 3.30. The number of hydrogen-bond donors (Lipinski definition) is 1. The first-order valence-corrected chi connectivity index (χ1v) is 7.28. The lowest BCUT2D eigenvalue weighted by Gasteiger charge is -2.19. The number of rotatable bonds is 7. The van der Waals surface area contributed by atoms with E-state index in [1.54, 1.807) is 0 Å². The third-order valence-electron chi connectivity index (χ3n) is 2.39. The molecule has 0 radical (unpaired) electrons. The Morgan fingerprint density at radius 1 is 1.52 bits per heavy atom. The molecule has 0 aliphatic carbocycles. The molecule has 21 heavy (non-hydrogen) atoms. The number of sulfonamides is 1. The summed E-state index contributed by atoms with van der Waals surface area (Å²) in [6.45, 7) is 2.34. The van der Waals surface area contributed by atoms with Gasteiger partial charge < -0.3 is 5.11 Å². The summed E-state index contributed by atoms with van der Waals surface area (Å²) in [7, 11) is -4.20. The number of carboxylic acids is 1. The predicted octanol–water partition coefficient (Wildman–Crippen LogP) is 1.51. The molecule has 0 atom stereocenters. The molecule has 0 heterocycles. The highest BCUT2D eigenvalue weighted by Gasteiger charge is 2.28. The van der Waals surface area contributed by atoms with Crippen LogP contribution in [-0.2, 0) is 14.8 Å². The first-order valence-electron chi connectivity index (χ1n) is 5.47. The predicted molar refractivity (Wildman–Crippen MR) is 74.7 cm³/mol. The molecule has 8 nitrogen and oxygen atoms in total. The van der Waals surface area contributed by atoms with Gasteiger partial charge in [-0.25, -0.2) is 8.42 Å². The van der Waals surface area contributed by atoms with Gasteiger partial charge in [0, 0.05) is 18.7 Å². The van der Waals surface area contributed by atoms with E-state index in [0.717, 1.165) is 18.2 Å². The lowest BCUT2D eigenvalue weighted by molar-refractivity contribution is -0.384. The molecule has 0 fully saturated rings. The van der Waals surface area contributed by atoms with Crippen LogP contribution in [0.1, 0.15) is 0 Å². The fourth-order valence-electron chi connectivity index (χ4n) is 1.49. The van der Waals surface area contributed by atoms with Crippen molar-refractivity contribution in [1.82, 2.24) is 4.31 Å². The average Bonchev–Trinajstić information content (AvgIpc) is 2.37. The molecule has 1 rings (SSSR count). The van der Waals surface area contributed by atoms with Gasteiger partial charge in [0.1, 0.15) is 11.4 Å². The molecule has 0 spiro atoms. The smallest absolute Gasteiger partial charge is 0.318 e. The maximum atomic E-state index is 12.3. The SMILES string of the molecule is C=CCN(CC(=O)O)S(=O)(=O)c1ccc([N+](=O)[O-])cc1Cl. The number of hydrogen-bond acceptors (Lipinski definition) is 5. The van der Waals surface area contributed by atoms with Crippen LogP contribution in [0.3, 0.4) is 0 Å². The fourth-order valence-corrected chi connectivity index (χ4v) is 3.37. The molecule has 1 aromatic carbocycles. The lowest BCUT2D eigenvalue weighted by Crippen LogP contribution is -2.35. The summed E-state index contributed by atoms with van der Waals surface area (Å²) >= 11 is 5.76. The zero-order valence-corrected chi connectivity index (χ0v) is 12.2. The molecular weight excluding hydrogens is 324 g/mol. The first-order chi connectivity index (χ1) is 9.70. The molecule has 10 heteroatoms. The zero-order valence-electron chi connectivity index (χ0n) is 10.6. The van der Waals surface area contributed by atoms with Crippen LogP contribution in [0.4, 0.5) is 5.69 Å². The molecule has 0 aliphatic heterocycles. The molecule has 0 unspecified atom stereocenters. The van der Waals surface area contributed by atoms with Crippen LogP contribution in [0.25, 0.3) is 0 Å². The lowest BCUT2D eigenvalue weighted by atomic mass is 10.3. The molecule has 114 valence electrons. The minimum atomic E-state index is -4.20. The van der Waals surface area contributed by atoms with Crippen molar-refractivity contribution in [1.29, 1.82) is 0 Å². The third kappa shape index (κ3) is 4.00.